The summed E-state index contributed by atoms with van der Waals surface area (Å²) in [5.74, 6) is 3.22. The second-order valence-electron chi connectivity index (χ2n) is 15.3. The molecule has 4 fully saturated rings. The summed E-state index contributed by atoms with van der Waals surface area (Å²) in [6, 6.07) is 50.8. The minimum absolute atomic E-state index is 0.0600. The molecule has 5 aliphatic rings. The maximum absolute atomic E-state index is 2.68. The van der Waals surface area contributed by atoms with Crippen LogP contribution in [0.1, 0.15) is 43.2 Å². The molecule has 0 atom stereocenters. The second kappa shape index (κ2) is 9.08. The molecular formula is C46H36N2. The van der Waals surface area contributed by atoms with Crippen LogP contribution in [0.4, 0.5) is 0 Å². The van der Waals surface area contributed by atoms with Gasteiger partial charge in [0.15, 0.2) is 0 Å². The first-order valence-electron chi connectivity index (χ1n) is 18.0. The summed E-state index contributed by atoms with van der Waals surface area (Å²) in [5.41, 5.74) is 13.8. The van der Waals surface area contributed by atoms with Crippen LogP contribution in [0.15, 0.2) is 133 Å². The molecule has 1 spiro atoms. The molecule has 0 unspecified atom stereocenters. The topological polar surface area (TPSA) is 9.86 Å². The van der Waals surface area contributed by atoms with Crippen molar-refractivity contribution >= 4 is 43.6 Å². The Bertz CT molecular complexity index is 2570. The lowest BCUT2D eigenvalue weighted by Crippen LogP contribution is -2.57. The molecule has 0 radical (unpaired) electrons. The number of rotatable bonds is 2. The molecule has 2 aromatic heterocycles. The fourth-order valence-corrected chi connectivity index (χ4v) is 12.0. The molecular weight excluding hydrogens is 581 g/mol. The third-order valence-electron chi connectivity index (χ3n) is 13.3. The van der Waals surface area contributed by atoms with Gasteiger partial charge in [0.1, 0.15) is 0 Å². The number of nitrogens with zero attached hydrogens (tertiary/aromatic N) is 2. The van der Waals surface area contributed by atoms with Gasteiger partial charge in [-0.2, -0.15) is 0 Å². The van der Waals surface area contributed by atoms with Crippen molar-refractivity contribution in [2.24, 2.45) is 23.7 Å². The Morgan fingerprint density at radius 1 is 0.417 bits per heavy atom. The van der Waals surface area contributed by atoms with Crippen molar-refractivity contribution < 1.29 is 0 Å². The van der Waals surface area contributed by atoms with Crippen LogP contribution < -0.4 is 0 Å². The summed E-state index contributed by atoms with van der Waals surface area (Å²) in [4.78, 5) is 0. The lowest BCUT2D eigenvalue weighted by Gasteiger charge is -2.63. The molecule has 6 aromatic carbocycles. The largest absolute Gasteiger partial charge is 0.309 e. The number of aromatic nitrogens is 2. The van der Waals surface area contributed by atoms with Crippen molar-refractivity contribution in [3.05, 3.63) is 145 Å². The van der Waals surface area contributed by atoms with Gasteiger partial charge in [0.2, 0.25) is 0 Å². The molecule has 4 saturated carbocycles. The van der Waals surface area contributed by atoms with Gasteiger partial charge < -0.3 is 9.13 Å². The lowest BCUT2D eigenvalue weighted by molar-refractivity contribution is -0.0418. The fraction of sp³-hybridized carbons (Fsp3) is 0.217. The van der Waals surface area contributed by atoms with Gasteiger partial charge in [0.25, 0.3) is 0 Å². The third-order valence-corrected chi connectivity index (χ3v) is 13.3. The molecule has 0 N–H and O–H groups in total. The summed E-state index contributed by atoms with van der Waals surface area (Å²) in [7, 11) is 0. The van der Waals surface area contributed by atoms with Gasteiger partial charge in [-0.15, -0.1) is 0 Å². The first-order chi connectivity index (χ1) is 23.8. The van der Waals surface area contributed by atoms with Gasteiger partial charge >= 0.3 is 0 Å². The summed E-state index contributed by atoms with van der Waals surface area (Å²) in [6.07, 6.45) is 6.99. The first-order valence-corrected chi connectivity index (χ1v) is 18.0. The summed E-state index contributed by atoms with van der Waals surface area (Å²) in [6.45, 7) is 0. The van der Waals surface area contributed by atoms with E-state index in [0.717, 1.165) is 11.8 Å². The summed E-state index contributed by atoms with van der Waals surface area (Å²) in [5, 5.41) is 5.38. The van der Waals surface area contributed by atoms with Crippen LogP contribution in [0.2, 0.25) is 0 Å². The van der Waals surface area contributed by atoms with E-state index >= 15 is 0 Å². The minimum Gasteiger partial charge on any atom is -0.309 e. The zero-order valence-electron chi connectivity index (χ0n) is 26.9. The number of hydrogen-bond acceptors (Lipinski definition) is 0. The van der Waals surface area contributed by atoms with E-state index in [2.05, 4.69) is 143 Å². The Hall–Kier alpha value is -5.08. The van der Waals surface area contributed by atoms with Crippen molar-refractivity contribution in [3.63, 3.8) is 0 Å². The highest BCUT2D eigenvalue weighted by molar-refractivity contribution is 6.13. The third kappa shape index (κ3) is 3.02. The van der Waals surface area contributed by atoms with Gasteiger partial charge in [-0.3, -0.25) is 0 Å². The van der Waals surface area contributed by atoms with Crippen LogP contribution in [-0.4, -0.2) is 9.13 Å². The van der Waals surface area contributed by atoms with E-state index in [9.17, 15) is 0 Å². The monoisotopic (exact) mass is 616 g/mol. The lowest BCUT2D eigenvalue weighted by atomic mass is 9.41. The maximum Gasteiger partial charge on any atom is 0.0582 e. The van der Waals surface area contributed by atoms with Crippen molar-refractivity contribution in [3.8, 4) is 22.5 Å². The maximum atomic E-state index is 2.68. The fourth-order valence-electron chi connectivity index (χ4n) is 12.0. The number of hydrogen-bond donors (Lipinski definition) is 0. The van der Waals surface area contributed by atoms with Crippen LogP contribution in [0.3, 0.4) is 0 Å². The summed E-state index contributed by atoms with van der Waals surface area (Å²) < 4.78 is 5.20. The molecule has 48 heavy (non-hydrogen) atoms. The van der Waals surface area contributed by atoms with Crippen molar-refractivity contribution in [1.29, 1.82) is 0 Å². The molecule has 0 amide bonds. The van der Waals surface area contributed by atoms with E-state index in [1.165, 1.54) is 98.2 Å². The van der Waals surface area contributed by atoms with Crippen molar-refractivity contribution in [2.45, 2.75) is 37.5 Å². The van der Waals surface area contributed by atoms with E-state index in [0.29, 0.717) is 11.8 Å². The zero-order valence-corrected chi connectivity index (χ0v) is 26.9. The van der Waals surface area contributed by atoms with Crippen LogP contribution in [0.5, 0.6) is 0 Å². The Kier molecular flexibility index (Phi) is 4.91. The molecule has 0 saturated heterocycles. The normalized spacial score (nSPS) is 25.2. The van der Waals surface area contributed by atoms with Crippen LogP contribution in [-0.2, 0) is 5.41 Å². The Balaban J connectivity index is 1.23. The molecule has 2 nitrogen and oxygen atoms in total. The van der Waals surface area contributed by atoms with Gasteiger partial charge in [-0.05, 0) is 91.2 Å². The standard InChI is InChI=1S/C46H36N2/c1-5-19-40-32(11-1)33-12-2-6-20-41(33)47(40)42-21-7-3-13-34(42)36-15-9-17-38-44(36)48-43-22-8-4-14-35(43)37-16-10-18-39(45(37)48)46(38)30-24-28-23-29(26-30)27-31(46)25-28/h1-22,28-31H,23-27H2. The van der Waals surface area contributed by atoms with E-state index in [-0.39, 0.29) is 5.41 Å². The average Bonchev–Trinajstić information content (AvgIpc) is 3.65. The summed E-state index contributed by atoms with van der Waals surface area (Å²) >= 11 is 0. The van der Waals surface area contributed by atoms with Crippen LogP contribution >= 0.6 is 0 Å². The zero-order chi connectivity index (χ0) is 31.1. The highest BCUT2D eigenvalue weighted by atomic mass is 15.0. The van der Waals surface area contributed by atoms with Crippen LogP contribution in [0, 0.1) is 23.7 Å². The van der Waals surface area contributed by atoms with E-state index in [4.69, 9.17) is 0 Å². The van der Waals surface area contributed by atoms with Gasteiger partial charge in [-0.1, -0.05) is 109 Å². The van der Waals surface area contributed by atoms with E-state index in [1.54, 1.807) is 11.1 Å². The van der Waals surface area contributed by atoms with Gasteiger partial charge in [0, 0.05) is 38.1 Å². The Labute approximate surface area is 280 Å². The SMILES string of the molecule is c1ccc(-n2c3ccccc3c3ccccc32)c(-c2cccc3c2-n2c4ccccc4c4cccc(c42)C32C3CC4CC(C3)CC2C4)c1. The molecule has 4 aliphatic carbocycles. The van der Waals surface area contributed by atoms with E-state index < -0.39 is 0 Å². The molecule has 8 aromatic rings. The highest BCUT2D eigenvalue weighted by Crippen LogP contribution is 2.68. The van der Waals surface area contributed by atoms with Crippen LogP contribution in [0.25, 0.3) is 66.1 Å². The smallest absolute Gasteiger partial charge is 0.0582 e. The molecule has 4 bridgehead atoms. The predicted molar refractivity (Wildman–Crippen MR) is 198 cm³/mol. The van der Waals surface area contributed by atoms with Crippen molar-refractivity contribution in [2.75, 3.05) is 0 Å². The molecule has 1 aliphatic heterocycles. The predicted octanol–water partition coefficient (Wildman–Crippen LogP) is 11.6. The molecule has 3 heterocycles. The van der Waals surface area contributed by atoms with E-state index in [1.807, 2.05) is 0 Å². The molecule has 2 heteroatoms. The van der Waals surface area contributed by atoms with Gasteiger partial charge in [0.05, 0.1) is 33.4 Å². The average molecular weight is 617 g/mol. The van der Waals surface area contributed by atoms with Crippen molar-refractivity contribution in [1.82, 2.24) is 9.13 Å². The minimum atomic E-state index is 0.0600. The van der Waals surface area contributed by atoms with Gasteiger partial charge in [-0.25, -0.2) is 0 Å². The number of fused-ring (bicyclic) bond motifs is 8. The number of benzene rings is 6. The second-order valence-corrected chi connectivity index (χ2v) is 15.3. The molecule has 13 rings (SSSR count). The highest BCUT2D eigenvalue weighted by Gasteiger charge is 2.61. The Morgan fingerprint density at radius 2 is 0.917 bits per heavy atom. The number of para-hydroxylation sites is 6. The quantitative estimate of drug-likeness (QED) is 0.183. The first kappa shape index (κ1) is 25.9. The Morgan fingerprint density at radius 3 is 1.60 bits per heavy atom. The molecule has 230 valence electrons.